The van der Waals surface area contributed by atoms with E-state index in [1.165, 1.54) is 12.1 Å². The monoisotopic (exact) mass is 742 g/mol. The van der Waals surface area contributed by atoms with Crippen LogP contribution in [0.3, 0.4) is 0 Å². The first-order valence-corrected chi connectivity index (χ1v) is 18.9. The van der Waals surface area contributed by atoms with Crippen molar-refractivity contribution in [1.29, 1.82) is 0 Å². The average Bonchev–Trinajstić information content (AvgIpc) is 2.97. The van der Waals surface area contributed by atoms with Crippen molar-refractivity contribution in [2.24, 2.45) is 0 Å². The summed E-state index contributed by atoms with van der Waals surface area (Å²) in [6.07, 6.45) is -8.83. The molecule has 0 bridgehead atoms. The number of methoxy groups -OCH3 is 1. The molecule has 1 aliphatic heterocycles. The molecule has 0 radical (unpaired) electrons. The molecule has 5 atom stereocenters. The van der Waals surface area contributed by atoms with Gasteiger partial charge >= 0.3 is 30.0 Å². The summed E-state index contributed by atoms with van der Waals surface area (Å²) in [6, 6.07) is 4.52. The third-order valence-corrected chi connectivity index (χ3v) is 12.1. The number of carbonyl (C=O) groups is 6. The number of ether oxygens (including phenoxy) is 7. The number of hydroxylamine groups is 1. The molecule has 1 aromatic rings. The predicted molar refractivity (Wildman–Crippen MR) is 180 cm³/mol. The van der Waals surface area contributed by atoms with Crippen molar-refractivity contribution in [3.8, 4) is 5.75 Å². The van der Waals surface area contributed by atoms with Crippen LogP contribution in [0.1, 0.15) is 67.9 Å². The van der Waals surface area contributed by atoms with Crippen LogP contribution in [0.4, 0.5) is 10.5 Å². The van der Waals surface area contributed by atoms with E-state index >= 15 is 0 Å². The smallest absolute Gasteiger partial charge is 0.431 e. The summed E-state index contributed by atoms with van der Waals surface area (Å²) >= 11 is 0. The normalized spacial score (nSPS) is 20.7. The van der Waals surface area contributed by atoms with E-state index in [-0.39, 0.29) is 17.4 Å². The van der Waals surface area contributed by atoms with Crippen LogP contribution >= 0.6 is 0 Å². The highest BCUT2D eigenvalue weighted by atomic mass is 28.4. The van der Waals surface area contributed by atoms with Crippen molar-refractivity contribution >= 4 is 49.9 Å². The summed E-state index contributed by atoms with van der Waals surface area (Å²) in [5.41, 5.74) is 1.96. The number of hydrogen-bond acceptors (Lipinski definition) is 15. The lowest BCUT2D eigenvalue weighted by Gasteiger charge is -2.43. The van der Waals surface area contributed by atoms with E-state index in [0.717, 1.165) is 27.9 Å². The maximum Gasteiger partial charge on any atom is 0.431 e. The Labute approximate surface area is 298 Å². The van der Waals surface area contributed by atoms with Gasteiger partial charge in [-0.2, -0.15) is 5.48 Å². The standard InChI is InChI=1S/C33H50N2O15Si/c1-18(36)45-25-26(46-19(2)37)28(47-20(3)38)30(49-27(25)29(40)42-10)48-23-14-13-22(15-21(23)16-44-51(11,12)33(7,8)9)34-24(39)17-43-35-31(41)50-32(4,5)6/h13-15,25-28,30H,16-17H2,1-12H3,(H,34,39)(H,35,41). The van der Waals surface area contributed by atoms with Gasteiger partial charge in [0.1, 0.15) is 11.4 Å². The van der Waals surface area contributed by atoms with E-state index in [1.807, 2.05) is 18.6 Å². The van der Waals surface area contributed by atoms with Crippen LogP contribution in [0.5, 0.6) is 5.75 Å². The van der Waals surface area contributed by atoms with Crippen LogP contribution < -0.4 is 15.5 Å². The SMILES string of the molecule is COC(=O)C1OC(Oc2ccc(NC(=O)CONC(=O)OC(C)(C)C)cc2CO[Si](C)(C)C(C)(C)C)C(OC(C)=O)C(OC(C)=O)C1OC(C)=O. The van der Waals surface area contributed by atoms with Gasteiger partial charge in [0.15, 0.2) is 33.2 Å². The highest BCUT2D eigenvalue weighted by Crippen LogP contribution is 2.39. The molecule has 5 unspecified atom stereocenters. The molecule has 286 valence electrons. The zero-order valence-corrected chi connectivity index (χ0v) is 32.2. The maximum absolute atomic E-state index is 12.9. The average molecular weight is 743 g/mol. The minimum Gasteiger partial charge on any atom is -0.467 e. The van der Waals surface area contributed by atoms with Crippen molar-refractivity contribution in [3.63, 3.8) is 0 Å². The fraction of sp³-hybridized carbons (Fsp3) is 0.636. The fourth-order valence-electron chi connectivity index (χ4n) is 4.32. The first-order valence-electron chi connectivity index (χ1n) is 16.0. The molecular formula is C33H50N2O15Si. The van der Waals surface area contributed by atoms with Gasteiger partial charge in [-0.1, -0.05) is 20.8 Å². The Morgan fingerprint density at radius 3 is 1.94 bits per heavy atom. The van der Waals surface area contributed by atoms with Crippen LogP contribution in [-0.2, 0) is 68.3 Å². The second-order valence-electron chi connectivity index (χ2n) is 14.1. The molecule has 0 aromatic heterocycles. The number of nitrogens with one attached hydrogen (secondary N) is 2. The Morgan fingerprint density at radius 2 is 1.41 bits per heavy atom. The quantitative estimate of drug-likeness (QED) is 0.128. The van der Waals surface area contributed by atoms with Crippen molar-refractivity contribution < 1.29 is 71.2 Å². The summed E-state index contributed by atoms with van der Waals surface area (Å²) in [7, 11) is -1.28. The number of rotatable bonds is 13. The molecule has 0 spiro atoms. The predicted octanol–water partition coefficient (Wildman–Crippen LogP) is 3.68. The first kappa shape index (κ1) is 42.9. The van der Waals surface area contributed by atoms with Crippen molar-refractivity contribution in [2.75, 3.05) is 19.0 Å². The van der Waals surface area contributed by atoms with Crippen LogP contribution in [-0.4, -0.2) is 94.2 Å². The van der Waals surface area contributed by atoms with Gasteiger partial charge in [-0.05, 0) is 57.1 Å². The molecule has 18 heteroatoms. The minimum absolute atomic E-state index is 0.0128. The molecule has 1 fully saturated rings. The van der Waals surface area contributed by atoms with Crippen molar-refractivity contribution in [1.82, 2.24) is 5.48 Å². The Kier molecular flexibility index (Phi) is 15.0. The summed E-state index contributed by atoms with van der Waals surface area (Å²) < 4.78 is 44.7. The molecule has 0 saturated carbocycles. The third kappa shape index (κ3) is 13.4. The van der Waals surface area contributed by atoms with Gasteiger partial charge in [0.05, 0.1) is 13.7 Å². The molecule has 2 N–H and O–H groups in total. The Bertz CT molecular complexity index is 1440. The minimum atomic E-state index is -2.36. The summed E-state index contributed by atoms with van der Waals surface area (Å²) in [6.45, 7) is 17.9. The first-order chi connectivity index (χ1) is 23.4. The Hall–Kier alpha value is -4.26. The molecule has 51 heavy (non-hydrogen) atoms. The van der Waals surface area contributed by atoms with Gasteiger partial charge in [0, 0.05) is 32.0 Å². The number of hydrogen-bond donors (Lipinski definition) is 2. The van der Waals surface area contributed by atoms with Crippen LogP contribution in [0.25, 0.3) is 0 Å². The van der Waals surface area contributed by atoms with E-state index in [0.29, 0.717) is 11.3 Å². The molecule has 1 heterocycles. The molecule has 0 aliphatic carbocycles. The number of carbonyl (C=O) groups excluding carboxylic acids is 6. The van der Waals surface area contributed by atoms with Crippen LogP contribution in [0, 0.1) is 0 Å². The van der Waals surface area contributed by atoms with Crippen LogP contribution in [0.15, 0.2) is 18.2 Å². The second kappa shape index (κ2) is 17.8. The number of amides is 2. The van der Waals surface area contributed by atoms with Crippen molar-refractivity contribution in [2.45, 2.75) is 123 Å². The van der Waals surface area contributed by atoms with E-state index in [9.17, 15) is 28.8 Å². The fourth-order valence-corrected chi connectivity index (χ4v) is 5.27. The molecule has 1 aromatic carbocycles. The zero-order valence-electron chi connectivity index (χ0n) is 31.2. The molecule has 2 amide bonds. The Balaban J connectivity index is 2.51. The summed E-state index contributed by atoms with van der Waals surface area (Å²) in [5, 5.41) is 2.48. The lowest BCUT2D eigenvalue weighted by atomic mass is 9.97. The Morgan fingerprint density at radius 1 is 0.843 bits per heavy atom. The third-order valence-electron chi connectivity index (χ3n) is 7.57. The van der Waals surface area contributed by atoms with E-state index in [4.69, 9.17) is 42.4 Å². The van der Waals surface area contributed by atoms with Gasteiger partial charge in [0.2, 0.25) is 12.4 Å². The largest absolute Gasteiger partial charge is 0.467 e. The van der Waals surface area contributed by atoms with Crippen molar-refractivity contribution in [3.05, 3.63) is 23.8 Å². The topological polar surface area (TPSA) is 210 Å². The van der Waals surface area contributed by atoms with E-state index in [1.54, 1.807) is 26.8 Å². The molecule has 17 nitrogen and oxygen atoms in total. The lowest BCUT2D eigenvalue weighted by Crippen LogP contribution is -2.64. The maximum atomic E-state index is 12.9. The number of anilines is 1. The lowest BCUT2D eigenvalue weighted by molar-refractivity contribution is -0.282. The van der Waals surface area contributed by atoms with E-state index < -0.39 is 87.1 Å². The molecular weight excluding hydrogens is 692 g/mol. The number of esters is 4. The zero-order chi connectivity index (χ0) is 38.9. The number of benzene rings is 1. The van der Waals surface area contributed by atoms with Gasteiger partial charge in [-0.25, -0.2) is 9.59 Å². The van der Waals surface area contributed by atoms with Crippen LogP contribution in [0.2, 0.25) is 18.1 Å². The van der Waals surface area contributed by atoms with Gasteiger partial charge in [-0.3, -0.25) is 24.0 Å². The molecule has 1 saturated heterocycles. The van der Waals surface area contributed by atoms with Gasteiger partial charge in [-0.15, -0.1) is 0 Å². The molecule has 2 rings (SSSR count). The second-order valence-corrected chi connectivity index (χ2v) is 18.9. The molecule has 1 aliphatic rings. The van der Waals surface area contributed by atoms with Gasteiger partial charge in [0.25, 0.3) is 5.91 Å². The highest BCUT2D eigenvalue weighted by Gasteiger charge is 2.56. The summed E-state index contributed by atoms with van der Waals surface area (Å²) in [4.78, 5) is 78.8. The summed E-state index contributed by atoms with van der Waals surface area (Å²) in [5.74, 6) is -4.00. The highest BCUT2D eigenvalue weighted by molar-refractivity contribution is 6.74. The van der Waals surface area contributed by atoms with Gasteiger partial charge < -0.3 is 42.9 Å². The van der Waals surface area contributed by atoms with E-state index in [2.05, 4.69) is 26.1 Å².